The summed E-state index contributed by atoms with van der Waals surface area (Å²) in [5.41, 5.74) is 2.06. The third-order valence-corrected chi connectivity index (χ3v) is 4.30. The van der Waals surface area contributed by atoms with Gasteiger partial charge in [-0.2, -0.15) is 5.10 Å². The molecule has 6 heteroatoms. The highest BCUT2D eigenvalue weighted by Crippen LogP contribution is 2.11. The van der Waals surface area contributed by atoms with Gasteiger partial charge in [0.2, 0.25) is 0 Å². The standard InChI is InChI=1S/C15H24N4O2/c1-11(2)18-5-6-21-13(9-18)10-19-15(20)7-12-8-16-4-3-14(12)17-19/h7,11,13,16H,3-6,8-10H2,1-2H3. The van der Waals surface area contributed by atoms with Gasteiger partial charge in [0.15, 0.2) is 0 Å². The van der Waals surface area contributed by atoms with Crippen LogP contribution in [0.25, 0.3) is 0 Å². The Morgan fingerprint density at radius 1 is 1.52 bits per heavy atom. The molecule has 116 valence electrons. The Hall–Kier alpha value is -1.24. The summed E-state index contributed by atoms with van der Waals surface area (Å²) in [6, 6.07) is 2.23. The molecule has 0 radical (unpaired) electrons. The largest absolute Gasteiger partial charge is 0.374 e. The number of hydrogen-bond donors (Lipinski definition) is 1. The lowest BCUT2D eigenvalue weighted by atomic mass is 10.1. The monoisotopic (exact) mass is 292 g/mol. The van der Waals surface area contributed by atoms with Crippen molar-refractivity contribution in [3.63, 3.8) is 0 Å². The summed E-state index contributed by atoms with van der Waals surface area (Å²) >= 11 is 0. The minimum Gasteiger partial charge on any atom is -0.374 e. The van der Waals surface area contributed by atoms with Crippen molar-refractivity contribution in [2.24, 2.45) is 0 Å². The van der Waals surface area contributed by atoms with E-state index in [1.54, 1.807) is 10.7 Å². The number of nitrogens with one attached hydrogen (secondary N) is 1. The molecule has 1 aromatic heterocycles. The van der Waals surface area contributed by atoms with Crippen molar-refractivity contribution in [1.82, 2.24) is 20.0 Å². The second kappa shape index (κ2) is 6.25. The van der Waals surface area contributed by atoms with E-state index >= 15 is 0 Å². The predicted molar refractivity (Wildman–Crippen MR) is 80.4 cm³/mol. The first kappa shape index (κ1) is 14.7. The molecular weight excluding hydrogens is 268 g/mol. The molecule has 2 aliphatic heterocycles. The molecule has 0 saturated carbocycles. The Morgan fingerprint density at radius 2 is 2.38 bits per heavy atom. The van der Waals surface area contributed by atoms with Crippen LogP contribution in [0.5, 0.6) is 0 Å². The molecule has 0 amide bonds. The first-order valence-electron chi connectivity index (χ1n) is 7.80. The van der Waals surface area contributed by atoms with Crippen molar-refractivity contribution in [2.75, 3.05) is 26.2 Å². The third-order valence-electron chi connectivity index (χ3n) is 4.30. The molecule has 3 heterocycles. The van der Waals surface area contributed by atoms with Crippen molar-refractivity contribution in [1.29, 1.82) is 0 Å². The molecule has 21 heavy (non-hydrogen) atoms. The van der Waals surface area contributed by atoms with E-state index < -0.39 is 0 Å². The van der Waals surface area contributed by atoms with Gasteiger partial charge in [0.25, 0.3) is 5.56 Å². The zero-order valence-electron chi connectivity index (χ0n) is 12.8. The van der Waals surface area contributed by atoms with Gasteiger partial charge in [-0.05, 0) is 19.4 Å². The zero-order chi connectivity index (χ0) is 14.8. The maximum absolute atomic E-state index is 12.2. The summed E-state index contributed by atoms with van der Waals surface area (Å²) in [5.74, 6) is 0. The van der Waals surface area contributed by atoms with Gasteiger partial charge >= 0.3 is 0 Å². The number of nitrogens with zero attached hydrogens (tertiary/aromatic N) is 3. The van der Waals surface area contributed by atoms with Gasteiger partial charge in [-0.15, -0.1) is 0 Å². The van der Waals surface area contributed by atoms with E-state index in [1.165, 1.54) is 0 Å². The molecule has 1 fully saturated rings. The molecule has 1 unspecified atom stereocenters. The van der Waals surface area contributed by atoms with Crippen LogP contribution in [0.3, 0.4) is 0 Å². The van der Waals surface area contributed by atoms with Crippen molar-refractivity contribution >= 4 is 0 Å². The Bertz CT molecular complexity index is 555. The number of fused-ring (bicyclic) bond motifs is 1. The van der Waals surface area contributed by atoms with E-state index in [0.717, 1.165) is 50.5 Å². The van der Waals surface area contributed by atoms with Gasteiger partial charge in [0, 0.05) is 44.7 Å². The van der Waals surface area contributed by atoms with Crippen molar-refractivity contribution < 1.29 is 4.74 Å². The lowest BCUT2D eigenvalue weighted by Crippen LogP contribution is -2.48. The normalized spacial score (nSPS) is 23.3. The Kier molecular flexibility index (Phi) is 4.37. The van der Waals surface area contributed by atoms with E-state index in [4.69, 9.17) is 4.74 Å². The van der Waals surface area contributed by atoms with E-state index in [-0.39, 0.29) is 11.7 Å². The topological polar surface area (TPSA) is 59.4 Å². The van der Waals surface area contributed by atoms with E-state index in [1.807, 2.05) is 0 Å². The molecule has 0 spiro atoms. The van der Waals surface area contributed by atoms with Crippen LogP contribution >= 0.6 is 0 Å². The van der Waals surface area contributed by atoms with Crippen LogP contribution in [-0.4, -0.2) is 53.1 Å². The highest BCUT2D eigenvalue weighted by molar-refractivity contribution is 5.20. The van der Waals surface area contributed by atoms with Crippen molar-refractivity contribution in [2.45, 2.75) is 45.5 Å². The van der Waals surface area contributed by atoms with Crippen LogP contribution in [-0.2, 0) is 24.2 Å². The molecule has 1 saturated heterocycles. The first-order chi connectivity index (χ1) is 10.1. The van der Waals surface area contributed by atoms with Crippen LogP contribution in [0.15, 0.2) is 10.9 Å². The molecule has 0 bridgehead atoms. The van der Waals surface area contributed by atoms with Crippen molar-refractivity contribution in [3.8, 4) is 0 Å². The number of morpholine rings is 1. The summed E-state index contributed by atoms with van der Waals surface area (Å²) in [6.45, 7) is 9.17. The van der Waals surface area contributed by atoms with Crippen LogP contribution < -0.4 is 10.9 Å². The molecular formula is C15H24N4O2. The van der Waals surface area contributed by atoms with E-state index in [2.05, 4.69) is 29.2 Å². The van der Waals surface area contributed by atoms with Crippen molar-refractivity contribution in [3.05, 3.63) is 27.7 Å². The van der Waals surface area contributed by atoms with Crippen LogP contribution in [0, 0.1) is 0 Å². The fourth-order valence-electron chi connectivity index (χ4n) is 3.00. The summed E-state index contributed by atoms with van der Waals surface area (Å²) < 4.78 is 7.39. The average Bonchev–Trinajstić information content (AvgIpc) is 2.48. The van der Waals surface area contributed by atoms with Gasteiger partial charge in [-0.25, -0.2) is 4.68 Å². The number of aromatic nitrogens is 2. The third kappa shape index (κ3) is 3.33. The lowest BCUT2D eigenvalue weighted by molar-refractivity contribution is -0.0476. The molecule has 6 nitrogen and oxygen atoms in total. The SMILES string of the molecule is CC(C)N1CCOC(Cn2nc3c(cc2=O)CNCC3)C1. The van der Waals surface area contributed by atoms with Gasteiger partial charge in [-0.3, -0.25) is 9.69 Å². The smallest absolute Gasteiger partial charge is 0.267 e. The van der Waals surface area contributed by atoms with Crippen LogP contribution in [0.4, 0.5) is 0 Å². The second-order valence-corrected chi connectivity index (χ2v) is 6.14. The van der Waals surface area contributed by atoms with E-state index in [0.29, 0.717) is 12.6 Å². The predicted octanol–water partition coefficient (Wildman–Crippen LogP) is -0.00180. The maximum Gasteiger partial charge on any atom is 0.267 e. The second-order valence-electron chi connectivity index (χ2n) is 6.14. The first-order valence-corrected chi connectivity index (χ1v) is 7.80. The Labute approximate surface area is 125 Å². The van der Waals surface area contributed by atoms with E-state index in [9.17, 15) is 4.79 Å². The molecule has 3 rings (SSSR count). The number of rotatable bonds is 3. The molecule has 2 aliphatic rings. The maximum atomic E-state index is 12.2. The molecule has 1 N–H and O–H groups in total. The quantitative estimate of drug-likeness (QED) is 0.850. The highest BCUT2D eigenvalue weighted by atomic mass is 16.5. The van der Waals surface area contributed by atoms with Gasteiger partial charge in [0.05, 0.1) is 24.9 Å². The number of ether oxygens (including phenoxy) is 1. The highest BCUT2D eigenvalue weighted by Gasteiger charge is 2.23. The van der Waals surface area contributed by atoms with Gasteiger partial charge < -0.3 is 10.1 Å². The van der Waals surface area contributed by atoms with Crippen LogP contribution in [0.2, 0.25) is 0 Å². The van der Waals surface area contributed by atoms with Crippen LogP contribution in [0.1, 0.15) is 25.1 Å². The lowest BCUT2D eigenvalue weighted by Gasteiger charge is -2.35. The molecule has 1 atom stereocenters. The number of hydrogen-bond acceptors (Lipinski definition) is 5. The fourth-order valence-corrected chi connectivity index (χ4v) is 3.00. The molecule has 1 aromatic rings. The Balaban J connectivity index is 1.74. The minimum absolute atomic E-state index is 0.0253. The fraction of sp³-hybridized carbons (Fsp3) is 0.733. The Morgan fingerprint density at radius 3 is 3.19 bits per heavy atom. The minimum atomic E-state index is -0.0253. The summed E-state index contributed by atoms with van der Waals surface area (Å²) in [7, 11) is 0. The molecule has 0 aliphatic carbocycles. The summed E-state index contributed by atoms with van der Waals surface area (Å²) in [4.78, 5) is 14.6. The molecule has 0 aromatic carbocycles. The summed E-state index contributed by atoms with van der Waals surface area (Å²) in [5, 5.41) is 7.81. The zero-order valence-corrected chi connectivity index (χ0v) is 12.8. The average molecular weight is 292 g/mol. The summed E-state index contributed by atoms with van der Waals surface area (Å²) in [6.07, 6.45) is 0.935. The van der Waals surface area contributed by atoms with Gasteiger partial charge in [0.1, 0.15) is 0 Å². The van der Waals surface area contributed by atoms with Gasteiger partial charge in [-0.1, -0.05) is 0 Å².